The largest absolute Gasteiger partial charge is 0.497 e. The van der Waals surface area contributed by atoms with E-state index in [9.17, 15) is 8.42 Å². The Balaban J connectivity index is 1.63. The number of hydrogen-bond donors (Lipinski definition) is 1. The van der Waals surface area contributed by atoms with Gasteiger partial charge in [0.1, 0.15) is 5.75 Å². The minimum absolute atomic E-state index is 0.0919. The van der Waals surface area contributed by atoms with Gasteiger partial charge in [-0.2, -0.15) is 0 Å². The van der Waals surface area contributed by atoms with Crippen LogP contribution in [-0.2, 0) is 22.3 Å². The van der Waals surface area contributed by atoms with Crippen molar-refractivity contribution in [1.82, 2.24) is 19.5 Å². The van der Waals surface area contributed by atoms with Crippen LogP contribution in [0.25, 0.3) is 5.69 Å². The Hall–Kier alpha value is -2.56. The predicted octanol–water partition coefficient (Wildman–Crippen LogP) is 5.66. The number of ether oxygens (including phenoxy) is 1. The van der Waals surface area contributed by atoms with Crippen molar-refractivity contribution in [3.05, 3.63) is 93.7 Å². The molecule has 0 radical (unpaired) electrons. The average molecular weight is 550 g/mol. The van der Waals surface area contributed by atoms with Gasteiger partial charge in [-0.05, 0) is 55.0 Å². The molecular formula is C24H22Cl2N4O3S2. The van der Waals surface area contributed by atoms with Crippen molar-refractivity contribution >= 4 is 45.0 Å². The molecule has 11 heteroatoms. The smallest absolute Gasteiger partial charge is 0.240 e. The maximum absolute atomic E-state index is 12.9. The van der Waals surface area contributed by atoms with Crippen LogP contribution in [0.3, 0.4) is 0 Å². The van der Waals surface area contributed by atoms with Crippen LogP contribution in [0.5, 0.6) is 5.75 Å². The molecule has 0 atom stereocenters. The van der Waals surface area contributed by atoms with Crippen LogP contribution in [0, 0.1) is 6.92 Å². The van der Waals surface area contributed by atoms with Crippen molar-refractivity contribution in [2.45, 2.75) is 29.3 Å². The van der Waals surface area contributed by atoms with Crippen molar-refractivity contribution in [3.8, 4) is 11.4 Å². The zero-order valence-electron chi connectivity index (χ0n) is 18.9. The fraction of sp³-hybridized carbons (Fsp3) is 0.167. The van der Waals surface area contributed by atoms with Gasteiger partial charge in [0.25, 0.3) is 0 Å². The number of sulfonamides is 1. The summed E-state index contributed by atoms with van der Waals surface area (Å²) in [6, 6.07) is 19.4. The number of nitrogens with one attached hydrogen (secondary N) is 1. The fourth-order valence-corrected chi connectivity index (χ4v) is 5.74. The van der Waals surface area contributed by atoms with Crippen molar-refractivity contribution in [3.63, 3.8) is 0 Å². The summed E-state index contributed by atoms with van der Waals surface area (Å²) in [4.78, 5) is 0.114. The molecule has 4 rings (SSSR count). The standard InChI is InChI=1S/C24H22Cl2N4O3S2/c1-16-4-3-5-17(12-16)15-34-24-29-28-23(30(24)22-11-6-18(25)13-21(22)26)14-27-35(31,32)20-9-7-19(33-2)8-10-20/h3-13,27H,14-15H2,1-2H3. The molecule has 0 bridgehead atoms. The van der Waals surface area contributed by atoms with Crippen LogP contribution >= 0.6 is 35.0 Å². The lowest BCUT2D eigenvalue weighted by Crippen LogP contribution is -2.25. The van der Waals surface area contributed by atoms with Gasteiger partial charge >= 0.3 is 0 Å². The average Bonchev–Trinajstić information content (AvgIpc) is 3.24. The number of aromatic nitrogens is 3. The summed E-state index contributed by atoms with van der Waals surface area (Å²) < 4.78 is 35.2. The third-order valence-corrected chi connectivity index (χ3v) is 8.05. The Bertz CT molecular complexity index is 1440. The van der Waals surface area contributed by atoms with Crippen molar-refractivity contribution in [2.75, 3.05) is 7.11 Å². The number of methoxy groups -OCH3 is 1. The van der Waals surface area contributed by atoms with Crippen molar-refractivity contribution in [1.29, 1.82) is 0 Å². The van der Waals surface area contributed by atoms with Crippen molar-refractivity contribution in [2.24, 2.45) is 0 Å². The highest BCUT2D eigenvalue weighted by molar-refractivity contribution is 7.98. The zero-order chi connectivity index (χ0) is 25.0. The highest BCUT2D eigenvalue weighted by Gasteiger charge is 2.20. The van der Waals surface area contributed by atoms with E-state index in [0.29, 0.717) is 38.2 Å². The first-order valence-electron chi connectivity index (χ1n) is 10.5. The van der Waals surface area contributed by atoms with Crippen LogP contribution in [0.1, 0.15) is 17.0 Å². The summed E-state index contributed by atoms with van der Waals surface area (Å²) in [7, 11) is -2.28. The van der Waals surface area contributed by atoms with Gasteiger partial charge in [-0.1, -0.05) is 64.8 Å². The van der Waals surface area contributed by atoms with E-state index in [0.717, 1.165) is 5.56 Å². The highest BCUT2D eigenvalue weighted by Crippen LogP contribution is 2.31. The summed E-state index contributed by atoms with van der Waals surface area (Å²) in [5, 5.41) is 10.0. The minimum Gasteiger partial charge on any atom is -0.497 e. The first-order valence-corrected chi connectivity index (χ1v) is 13.7. The molecule has 0 unspecified atom stereocenters. The normalized spacial score (nSPS) is 11.5. The first-order chi connectivity index (χ1) is 16.8. The maximum Gasteiger partial charge on any atom is 0.240 e. The van der Waals surface area contributed by atoms with Crippen LogP contribution in [0.2, 0.25) is 10.0 Å². The summed E-state index contributed by atoms with van der Waals surface area (Å²) >= 11 is 14.1. The van der Waals surface area contributed by atoms with Gasteiger partial charge < -0.3 is 4.74 Å². The molecule has 1 aromatic heterocycles. The van der Waals surface area contributed by atoms with Crippen LogP contribution < -0.4 is 9.46 Å². The van der Waals surface area contributed by atoms with E-state index in [1.54, 1.807) is 34.9 Å². The number of rotatable bonds is 9. The van der Waals surface area contributed by atoms with Gasteiger partial charge in [-0.25, -0.2) is 13.1 Å². The third-order valence-electron chi connectivity index (χ3n) is 5.09. The topological polar surface area (TPSA) is 86.1 Å². The summed E-state index contributed by atoms with van der Waals surface area (Å²) in [5.41, 5.74) is 2.90. The second-order valence-corrected chi connectivity index (χ2v) is 11.2. The van der Waals surface area contributed by atoms with Gasteiger partial charge in [0.15, 0.2) is 11.0 Å². The maximum atomic E-state index is 12.9. The van der Waals surface area contributed by atoms with E-state index < -0.39 is 10.0 Å². The molecule has 7 nitrogen and oxygen atoms in total. The van der Waals surface area contributed by atoms with E-state index in [2.05, 4.69) is 21.0 Å². The molecule has 0 amide bonds. The molecule has 182 valence electrons. The lowest BCUT2D eigenvalue weighted by atomic mass is 10.2. The van der Waals surface area contributed by atoms with Crippen LogP contribution in [0.15, 0.2) is 76.8 Å². The first kappa shape index (κ1) is 25.5. The SMILES string of the molecule is COc1ccc(S(=O)(=O)NCc2nnc(SCc3cccc(C)c3)n2-c2ccc(Cl)cc2Cl)cc1. The molecule has 0 saturated carbocycles. The predicted molar refractivity (Wildman–Crippen MR) is 139 cm³/mol. The number of thioether (sulfide) groups is 1. The van der Waals surface area contributed by atoms with E-state index >= 15 is 0 Å². The molecule has 35 heavy (non-hydrogen) atoms. The molecule has 0 spiro atoms. The van der Waals surface area contributed by atoms with Crippen LogP contribution in [-0.4, -0.2) is 30.3 Å². The molecule has 4 aromatic rings. The molecule has 0 saturated heterocycles. The number of nitrogens with zero attached hydrogens (tertiary/aromatic N) is 3. The molecule has 0 aliphatic rings. The second kappa shape index (κ2) is 11.0. The van der Waals surface area contributed by atoms with Gasteiger partial charge in [0.05, 0.1) is 29.3 Å². The monoisotopic (exact) mass is 548 g/mol. The Kier molecular flexibility index (Phi) is 8.03. The van der Waals surface area contributed by atoms with Gasteiger partial charge in [0.2, 0.25) is 10.0 Å². The zero-order valence-corrected chi connectivity index (χ0v) is 22.0. The lowest BCUT2D eigenvalue weighted by Gasteiger charge is -2.13. The van der Waals surface area contributed by atoms with E-state index in [-0.39, 0.29) is 11.4 Å². The van der Waals surface area contributed by atoms with E-state index in [1.165, 1.54) is 36.6 Å². The molecular weight excluding hydrogens is 527 g/mol. The molecule has 0 aliphatic heterocycles. The fourth-order valence-electron chi connectivity index (χ4n) is 3.36. The summed E-state index contributed by atoms with van der Waals surface area (Å²) in [6.45, 7) is 1.95. The summed E-state index contributed by atoms with van der Waals surface area (Å²) in [6.07, 6.45) is 0. The molecule has 1 N–H and O–H groups in total. The molecule has 0 aliphatic carbocycles. The Morgan fingerprint density at radius 2 is 1.80 bits per heavy atom. The number of aryl methyl sites for hydroxylation is 1. The Labute approximate surface area is 218 Å². The Morgan fingerprint density at radius 3 is 2.49 bits per heavy atom. The van der Waals surface area contributed by atoms with E-state index in [4.69, 9.17) is 27.9 Å². The van der Waals surface area contributed by atoms with Gasteiger partial charge in [-0.15, -0.1) is 10.2 Å². The number of halogens is 2. The molecule has 0 fully saturated rings. The summed E-state index contributed by atoms with van der Waals surface area (Å²) in [5.74, 6) is 1.61. The molecule has 1 heterocycles. The van der Waals surface area contributed by atoms with Gasteiger partial charge in [-0.3, -0.25) is 4.57 Å². The second-order valence-electron chi connectivity index (χ2n) is 7.61. The van der Waals surface area contributed by atoms with Crippen molar-refractivity contribution < 1.29 is 13.2 Å². The number of hydrogen-bond acceptors (Lipinski definition) is 6. The third kappa shape index (κ3) is 6.17. The highest BCUT2D eigenvalue weighted by atomic mass is 35.5. The number of benzene rings is 3. The lowest BCUT2D eigenvalue weighted by molar-refractivity contribution is 0.414. The van der Waals surface area contributed by atoms with E-state index in [1.807, 2.05) is 25.1 Å². The molecule has 3 aromatic carbocycles. The van der Waals surface area contributed by atoms with Crippen LogP contribution in [0.4, 0.5) is 0 Å². The Morgan fingerprint density at radius 1 is 1.03 bits per heavy atom. The van der Waals surface area contributed by atoms with Gasteiger partial charge in [0, 0.05) is 10.8 Å². The quantitative estimate of drug-likeness (QED) is 0.271. The minimum atomic E-state index is -3.80.